The Kier molecular flexibility index (Phi) is 7.64. The largest absolute Gasteiger partial charge is 0.362 e. The summed E-state index contributed by atoms with van der Waals surface area (Å²) in [6.07, 6.45) is 3.57. The highest BCUT2D eigenvalue weighted by atomic mass is 16.1. The van der Waals surface area contributed by atoms with Gasteiger partial charge in [-0.3, -0.25) is 4.79 Å². The number of nitrogens with zero attached hydrogens (tertiary/aromatic N) is 3. The van der Waals surface area contributed by atoms with Gasteiger partial charge in [0.15, 0.2) is 0 Å². The minimum atomic E-state index is 0.0418. The highest BCUT2D eigenvalue weighted by molar-refractivity contribution is 5.90. The maximum atomic E-state index is 13.1. The summed E-state index contributed by atoms with van der Waals surface area (Å²) in [7, 11) is 4.00. The van der Waals surface area contributed by atoms with Gasteiger partial charge in [0.05, 0.1) is 5.52 Å². The Morgan fingerprint density at radius 3 is 2.05 bits per heavy atom. The molecule has 4 aromatic rings. The van der Waals surface area contributed by atoms with E-state index in [1.807, 2.05) is 49.3 Å². The molecule has 3 aromatic carbocycles. The van der Waals surface area contributed by atoms with Gasteiger partial charge in [-0.25, -0.2) is 4.98 Å². The third kappa shape index (κ3) is 5.91. The number of hydrogen-bond acceptors (Lipinski definition) is 5. The number of nitrogens with one attached hydrogen (secondary N) is 2. The van der Waals surface area contributed by atoms with Crippen LogP contribution in [0.25, 0.3) is 10.9 Å². The molecule has 0 aliphatic heterocycles. The zero-order valence-electron chi connectivity index (χ0n) is 21.6. The van der Waals surface area contributed by atoms with Crippen LogP contribution in [0.2, 0.25) is 0 Å². The third-order valence-electron chi connectivity index (χ3n) is 7.32. The Morgan fingerprint density at radius 2 is 1.43 bits per heavy atom. The zero-order chi connectivity index (χ0) is 25.6. The fourth-order valence-electron chi connectivity index (χ4n) is 5.29. The van der Waals surface area contributed by atoms with Gasteiger partial charge in [0.1, 0.15) is 5.82 Å². The highest BCUT2D eigenvalue weighted by Gasteiger charge is 2.27. The molecule has 0 atom stereocenters. The summed E-state index contributed by atoms with van der Waals surface area (Å²) >= 11 is 0. The van der Waals surface area contributed by atoms with E-state index in [1.165, 1.54) is 11.1 Å². The average molecular weight is 494 g/mol. The normalized spacial score (nSPS) is 17.5. The summed E-state index contributed by atoms with van der Waals surface area (Å²) in [6, 6.07) is 29.2. The van der Waals surface area contributed by atoms with Crippen molar-refractivity contribution in [2.24, 2.45) is 5.92 Å². The Morgan fingerprint density at radius 1 is 0.838 bits per heavy atom. The first-order valence-electron chi connectivity index (χ1n) is 13.2. The van der Waals surface area contributed by atoms with Gasteiger partial charge in [-0.1, -0.05) is 72.8 Å². The monoisotopic (exact) mass is 493 g/mol. The molecule has 1 amide bonds. The van der Waals surface area contributed by atoms with E-state index in [0.29, 0.717) is 12.5 Å². The number of carbonyl (C=O) groups excluding carboxylic acids is 1. The topological polar surface area (TPSA) is 70.2 Å². The minimum absolute atomic E-state index is 0.0418. The first kappa shape index (κ1) is 24.8. The van der Waals surface area contributed by atoms with Gasteiger partial charge in [0.2, 0.25) is 11.9 Å². The molecule has 1 heterocycles. The Hall–Kier alpha value is -3.93. The molecule has 1 aliphatic rings. The zero-order valence-corrected chi connectivity index (χ0v) is 21.6. The molecule has 6 nitrogen and oxygen atoms in total. The predicted octanol–water partition coefficient (Wildman–Crippen LogP) is 5.61. The number of anilines is 2. The van der Waals surface area contributed by atoms with Crippen LogP contribution in [-0.2, 0) is 4.79 Å². The molecular formula is C31H35N5O. The molecular weight excluding hydrogens is 458 g/mol. The summed E-state index contributed by atoms with van der Waals surface area (Å²) in [5.74, 6) is 1.91. The molecule has 0 bridgehead atoms. The van der Waals surface area contributed by atoms with Gasteiger partial charge in [0, 0.05) is 43.9 Å². The fourth-order valence-corrected chi connectivity index (χ4v) is 5.29. The van der Waals surface area contributed by atoms with Crippen molar-refractivity contribution in [1.82, 2.24) is 15.3 Å². The summed E-state index contributed by atoms with van der Waals surface area (Å²) in [5.41, 5.74) is 3.37. The first-order chi connectivity index (χ1) is 18.1. The molecule has 1 fully saturated rings. The summed E-state index contributed by atoms with van der Waals surface area (Å²) in [5, 5.41) is 7.85. The summed E-state index contributed by atoms with van der Waals surface area (Å²) < 4.78 is 0. The lowest BCUT2D eigenvalue weighted by atomic mass is 9.85. The van der Waals surface area contributed by atoms with Crippen LogP contribution in [0.1, 0.15) is 42.7 Å². The van der Waals surface area contributed by atoms with Gasteiger partial charge in [-0.2, -0.15) is 4.98 Å². The lowest BCUT2D eigenvalue weighted by Gasteiger charge is -2.29. The molecule has 2 N–H and O–H groups in total. The van der Waals surface area contributed by atoms with Crippen LogP contribution in [-0.4, -0.2) is 42.6 Å². The van der Waals surface area contributed by atoms with Gasteiger partial charge < -0.3 is 15.5 Å². The fraction of sp³-hybridized carbons (Fsp3) is 0.323. The van der Waals surface area contributed by atoms with Gasteiger partial charge >= 0.3 is 0 Å². The number of carbonyl (C=O) groups is 1. The standard InChI is InChI=1S/C31H35N5O/c1-36(2)29-26-15-9-10-16-28(26)34-31(35-29)33-25-19-17-24(18-20-25)30(37)32-21-27(22-11-5-3-6-12-22)23-13-7-4-8-14-23/h3-16,24-25,27H,17-21H2,1-2H3,(H,32,37)(H,33,34,35). The van der Waals surface area contributed by atoms with Crippen molar-refractivity contribution < 1.29 is 4.79 Å². The molecule has 1 saturated carbocycles. The van der Waals surface area contributed by atoms with Crippen LogP contribution in [0.3, 0.4) is 0 Å². The van der Waals surface area contributed by atoms with E-state index in [9.17, 15) is 4.79 Å². The van der Waals surface area contributed by atoms with Crippen LogP contribution >= 0.6 is 0 Å². The van der Waals surface area contributed by atoms with Gasteiger partial charge in [0.25, 0.3) is 0 Å². The predicted molar refractivity (Wildman–Crippen MR) is 151 cm³/mol. The van der Waals surface area contributed by atoms with Crippen molar-refractivity contribution in [1.29, 1.82) is 0 Å². The van der Waals surface area contributed by atoms with Gasteiger partial charge in [-0.15, -0.1) is 0 Å². The average Bonchev–Trinajstić information content (AvgIpc) is 2.94. The molecule has 0 saturated heterocycles. The molecule has 37 heavy (non-hydrogen) atoms. The Bertz CT molecular complexity index is 1280. The van der Waals surface area contributed by atoms with Crippen molar-refractivity contribution in [2.45, 2.75) is 37.6 Å². The SMILES string of the molecule is CN(C)c1nc(NC2CCC(C(=O)NCC(c3ccccc3)c3ccccc3)CC2)nc2ccccc12. The van der Waals surface area contributed by atoms with E-state index in [-0.39, 0.29) is 23.8 Å². The van der Waals surface area contributed by atoms with Crippen LogP contribution < -0.4 is 15.5 Å². The number of para-hydroxylation sites is 1. The number of rotatable bonds is 8. The lowest BCUT2D eigenvalue weighted by molar-refractivity contribution is -0.125. The summed E-state index contributed by atoms with van der Waals surface area (Å²) in [6.45, 7) is 0.600. The van der Waals surface area contributed by atoms with E-state index in [0.717, 1.165) is 42.4 Å². The number of amides is 1. The molecule has 0 spiro atoms. The van der Waals surface area contributed by atoms with Crippen LogP contribution in [0.5, 0.6) is 0 Å². The quantitative estimate of drug-likeness (QED) is 0.334. The van der Waals surface area contributed by atoms with E-state index in [1.54, 1.807) is 0 Å². The Labute approximate surface area is 219 Å². The second kappa shape index (κ2) is 11.4. The highest BCUT2D eigenvalue weighted by Crippen LogP contribution is 2.29. The second-order valence-electron chi connectivity index (χ2n) is 10.1. The van der Waals surface area contributed by atoms with Crippen molar-refractivity contribution in [3.8, 4) is 0 Å². The van der Waals surface area contributed by atoms with Crippen molar-refractivity contribution >= 4 is 28.6 Å². The Balaban J connectivity index is 1.19. The maximum Gasteiger partial charge on any atom is 0.225 e. The van der Waals surface area contributed by atoms with Crippen molar-refractivity contribution in [2.75, 3.05) is 30.9 Å². The third-order valence-corrected chi connectivity index (χ3v) is 7.32. The molecule has 190 valence electrons. The van der Waals surface area contributed by atoms with Gasteiger partial charge in [-0.05, 0) is 48.9 Å². The van der Waals surface area contributed by atoms with E-state index < -0.39 is 0 Å². The molecule has 6 heteroatoms. The molecule has 1 aromatic heterocycles. The van der Waals surface area contributed by atoms with E-state index in [2.05, 4.69) is 65.2 Å². The molecule has 5 rings (SSSR count). The maximum absolute atomic E-state index is 13.1. The number of aromatic nitrogens is 2. The smallest absolute Gasteiger partial charge is 0.225 e. The second-order valence-corrected chi connectivity index (χ2v) is 10.1. The van der Waals surface area contributed by atoms with Crippen LogP contribution in [0.15, 0.2) is 84.9 Å². The molecule has 1 aliphatic carbocycles. The van der Waals surface area contributed by atoms with Crippen molar-refractivity contribution in [3.05, 3.63) is 96.1 Å². The van der Waals surface area contributed by atoms with E-state index in [4.69, 9.17) is 9.97 Å². The number of benzene rings is 3. The minimum Gasteiger partial charge on any atom is -0.362 e. The first-order valence-corrected chi connectivity index (χ1v) is 13.2. The van der Waals surface area contributed by atoms with Crippen LogP contribution in [0.4, 0.5) is 11.8 Å². The number of fused-ring (bicyclic) bond motifs is 1. The molecule has 0 unspecified atom stereocenters. The lowest BCUT2D eigenvalue weighted by Crippen LogP contribution is -2.38. The molecule has 0 radical (unpaired) electrons. The summed E-state index contributed by atoms with van der Waals surface area (Å²) in [4.78, 5) is 24.7. The van der Waals surface area contributed by atoms with Crippen LogP contribution in [0, 0.1) is 5.92 Å². The number of hydrogen-bond donors (Lipinski definition) is 2. The van der Waals surface area contributed by atoms with E-state index >= 15 is 0 Å². The van der Waals surface area contributed by atoms with Crippen molar-refractivity contribution in [3.63, 3.8) is 0 Å².